The van der Waals surface area contributed by atoms with Crippen molar-refractivity contribution in [2.75, 3.05) is 0 Å². The molecule has 0 spiro atoms. The Kier molecular flexibility index (Phi) is 3.83. The van der Waals surface area contributed by atoms with Crippen LogP contribution in [0.5, 0.6) is 0 Å². The van der Waals surface area contributed by atoms with Crippen molar-refractivity contribution in [3.05, 3.63) is 51.0 Å². The number of carboxylic acids is 1. The first kappa shape index (κ1) is 12.8. The first-order valence-electron chi connectivity index (χ1n) is 4.82. The Hall–Kier alpha value is -1.60. The smallest absolute Gasteiger partial charge is 0.335 e. The number of aromatic carboxylic acids is 1. The highest BCUT2D eigenvalue weighted by Gasteiger charge is 2.09. The van der Waals surface area contributed by atoms with Crippen LogP contribution in [0.15, 0.2) is 49.8 Å². The topological polar surface area (TPSA) is 83.0 Å². The highest BCUT2D eigenvalue weighted by molar-refractivity contribution is 9.10. The Labute approximate surface area is 114 Å². The maximum atomic E-state index is 11.4. The molecule has 0 unspecified atom stereocenters. The van der Waals surface area contributed by atoms with Crippen LogP contribution in [-0.4, -0.2) is 21.0 Å². The average Bonchev–Trinajstić information content (AvgIpc) is 2.35. The molecule has 1 aromatic heterocycles. The number of benzene rings is 1. The summed E-state index contributed by atoms with van der Waals surface area (Å²) in [6.45, 7) is 0. The minimum absolute atomic E-state index is 0.195. The van der Waals surface area contributed by atoms with Gasteiger partial charge in [0.15, 0.2) is 0 Å². The number of hydrogen-bond donors (Lipinski definition) is 2. The molecule has 5 nitrogen and oxygen atoms in total. The molecule has 0 atom stereocenters. The van der Waals surface area contributed by atoms with Crippen molar-refractivity contribution >= 4 is 33.7 Å². The van der Waals surface area contributed by atoms with Gasteiger partial charge >= 0.3 is 5.97 Å². The first-order chi connectivity index (χ1) is 8.58. The number of nitrogens with one attached hydrogen (secondary N) is 1. The SMILES string of the molecule is O=C(O)c1cccc(Sc2nc[nH]c(=O)c2Br)c1. The fraction of sp³-hybridized carbons (Fsp3) is 0. The lowest BCUT2D eigenvalue weighted by atomic mass is 10.2. The molecule has 2 rings (SSSR count). The third kappa shape index (κ3) is 2.80. The van der Waals surface area contributed by atoms with E-state index in [1.807, 2.05) is 0 Å². The largest absolute Gasteiger partial charge is 0.478 e. The van der Waals surface area contributed by atoms with Crippen LogP contribution >= 0.6 is 27.7 Å². The molecule has 1 heterocycles. The summed E-state index contributed by atoms with van der Waals surface area (Å²) in [5.41, 5.74) is -0.0807. The second-order valence-corrected chi connectivity index (χ2v) is 5.14. The summed E-state index contributed by atoms with van der Waals surface area (Å²) in [6, 6.07) is 6.44. The number of aromatic nitrogens is 2. The lowest BCUT2D eigenvalue weighted by Gasteiger charge is -2.03. The molecular formula is C11H7BrN2O3S. The zero-order valence-corrected chi connectivity index (χ0v) is 11.3. The summed E-state index contributed by atoms with van der Waals surface area (Å²) in [7, 11) is 0. The van der Waals surface area contributed by atoms with Gasteiger partial charge in [0.1, 0.15) is 9.50 Å². The van der Waals surface area contributed by atoms with Gasteiger partial charge in [0.05, 0.1) is 11.9 Å². The molecule has 18 heavy (non-hydrogen) atoms. The molecule has 0 aliphatic carbocycles. The Morgan fingerprint density at radius 1 is 1.44 bits per heavy atom. The standard InChI is InChI=1S/C11H7BrN2O3S/c12-8-9(15)13-5-14-10(8)18-7-3-1-2-6(4-7)11(16)17/h1-5H,(H,16,17)(H,13,14,15). The summed E-state index contributed by atoms with van der Waals surface area (Å²) in [6.07, 6.45) is 1.30. The van der Waals surface area contributed by atoms with Crippen molar-refractivity contribution in [3.8, 4) is 0 Å². The van der Waals surface area contributed by atoms with Gasteiger partial charge in [-0.1, -0.05) is 17.8 Å². The van der Waals surface area contributed by atoms with Crippen molar-refractivity contribution in [2.45, 2.75) is 9.92 Å². The van der Waals surface area contributed by atoms with E-state index >= 15 is 0 Å². The number of hydrogen-bond acceptors (Lipinski definition) is 4. The lowest BCUT2D eigenvalue weighted by molar-refractivity contribution is 0.0696. The number of carbonyl (C=O) groups is 1. The lowest BCUT2D eigenvalue weighted by Crippen LogP contribution is -2.07. The Morgan fingerprint density at radius 3 is 2.94 bits per heavy atom. The minimum Gasteiger partial charge on any atom is -0.478 e. The van der Waals surface area contributed by atoms with E-state index in [1.165, 1.54) is 30.2 Å². The van der Waals surface area contributed by atoms with Gasteiger partial charge in [-0.05, 0) is 34.1 Å². The summed E-state index contributed by atoms with van der Waals surface area (Å²) in [4.78, 5) is 29.4. The van der Waals surface area contributed by atoms with E-state index in [9.17, 15) is 9.59 Å². The predicted octanol–water partition coefficient (Wildman–Crippen LogP) is 2.38. The zero-order chi connectivity index (χ0) is 13.1. The van der Waals surface area contributed by atoms with E-state index in [-0.39, 0.29) is 11.1 Å². The van der Waals surface area contributed by atoms with Gasteiger partial charge in [0.2, 0.25) is 0 Å². The fourth-order valence-electron chi connectivity index (χ4n) is 1.24. The molecule has 92 valence electrons. The third-order valence-corrected chi connectivity index (χ3v) is 4.05. The van der Waals surface area contributed by atoms with E-state index in [1.54, 1.807) is 12.1 Å². The fourth-order valence-corrected chi connectivity index (χ4v) is 2.55. The van der Waals surface area contributed by atoms with Gasteiger partial charge in [-0.3, -0.25) is 4.79 Å². The molecule has 2 N–H and O–H groups in total. The molecule has 0 fully saturated rings. The van der Waals surface area contributed by atoms with Crippen molar-refractivity contribution in [3.63, 3.8) is 0 Å². The maximum absolute atomic E-state index is 11.4. The third-order valence-electron chi connectivity index (χ3n) is 2.06. The highest BCUT2D eigenvalue weighted by atomic mass is 79.9. The van der Waals surface area contributed by atoms with Crippen LogP contribution in [0.1, 0.15) is 10.4 Å². The quantitative estimate of drug-likeness (QED) is 0.846. The highest BCUT2D eigenvalue weighted by Crippen LogP contribution is 2.29. The normalized spacial score (nSPS) is 10.3. The average molecular weight is 327 g/mol. The van der Waals surface area contributed by atoms with E-state index in [4.69, 9.17) is 5.11 Å². The molecule has 7 heteroatoms. The van der Waals surface area contributed by atoms with Crippen LogP contribution in [0.25, 0.3) is 0 Å². The van der Waals surface area contributed by atoms with E-state index in [0.29, 0.717) is 14.4 Å². The van der Waals surface area contributed by atoms with Gasteiger partial charge in [-0.2, -0.15) is 0 Å². The number of aromatic amines is 1. The van der Waals surface area contributed by atoms with Crippen LogP contribution in [0.4, 0.5) is 0 Å². The second kappa shape index (κ2) is 5.36. The van der Waals surface area contributed by atoms with Gasteiger partial charge < -0.3 is 10.1 Å². The van der Waals surface area contributed by atoms with Crippen LogP contribution in [-0.2, 0) is 0 Å². The number of carboxylic acid groups (broad SMARTS) is 1. The Bertz CT molecular complexity index is 657. The van der Waals surface area contributed by atoms with Gasteiger partial charge in [0, 0.05) is 4.90 Å². The number of rotatable bonds is 3. The van der Waals surface area contributed by atoms with Crippen molar-refractivity contribution in [1.82, 2.24) is 9.97 Å². The Balaban J connectivity index is 2.34. The van der Waals surface area contributed by atoms with Crippen LogP contribution < -0.4 is 5.56 Å². The second-order valence-electron chi connectivity index (χ2n) is 3.29. The van der Waals surface area contributed by atoms with Crippen LogP contribution in [0, 0.1) is 0 Å². The summed E-state index contributed by atoms with van der Waals surface area (Å²) in [5.74, 6) is -0.990. The molecule has 0 aliphatic heterocycles. The van der Waals surface area contributed by atoms with Crippen molar-refractivity contribution < 1.29 is 9.90 Å². The molecular weight excluding hydrogens is 320 g/mol. The Morgan fingerprint density at radius 2 is 2.22 bits per heavy atom. The predicted molar refractivity (Wildman–Crippen MR) is 70.1 cm³/mol. The van der Waals surface area contributed by atoms with Crippen molar-refractivity contribution in [1.29, 1.82) is 0 Å². The summed E-state index contributed by atoms with van der Waals surface area (Å²) < 4.78 is 0.329. The molecule has 0 bridgehead atoms. The van der Waals surface area contributed by atoms with Crippen molar-refractivity contribution in [2.24, 2.45) is 0 Å². The van der Waals surface area contributed by atoms with Crippen LogP contribution in [0.2, 0.25) is 0 Å². The molecule has 0 amide bonds. The molecule has 0 radical (unpaired) electrons. The molecule has 0 saturated carbocycles. The zero-order valence-electron chi connectivity index (χ0n) is 8.88. The van der Waals surface area contributed by atoms with Crippen LogP contribution in [0.3, 0.4) is 0 Å². The molecule has 0 saturated heterocycles. The number of H-pyrrole nitrogens is 1. The van der Waals surface area contributed by atoms with Gasteiger partial charge in [-0.25, -0.2) is 9.78 Å². The monoisotopic (exact) mass is 326 g/mol. The van der Waals surface area contributed by atoms with Gasteiger partial charge in [0.25, 0.3) is 5.56 Å². The minimum atomic E-state index is -0.990. The molecule has 2 aromatic rings. The van der Waals surface area contributed by atoms with E-state index < -0.39 is 5.97 Å². The first-order valence-corrected chi connectivity index (χ1v) is 6.43. The molecule has 0 aliphatic rings. The van der Waals surface area contributed by atoms with E-state index in [2.05, 4.69) is 25.9 Å². The number of halogens is 1. The van der Waals surface area contributed by atoms with Gasteiger partial charge in [-0.15, -0.1) is 0 Å². The maximum Gasteiger partial charge on any atom is 0.335 e. The summed E-state index contributed by atoms with van der Waals surface area (Å²) in [5, 5.41) is 9.37. The van der Waals surface area contributed by atoms with E-state index in [0.717, 1.165) is 0 Å². The number of nitrogens with zero attached hydrogens (tertiary/aromatic N) is 1. The molecule has 1 aromatic carbocycles. The summed E-state index contributed by atoms with van der Waals surface area (Å²) >= 11 is 4.36.